The average molecular weight is 352 g/mol. The predicted octanol–water partition coefficient (Wildman–Crippen LogP) is 3.44. The highest BCUT2D eigenvalue weighted by Crippen LogP contribution is 2.34. The van der Waals surface area contributed by atoms with Gasteiger partial charge in [-0.3, -0.25) is 4.79 Å². The molecular weight excluding hydrogens is 324 g/mol. The van der Waals surface area contributed by atoms with E-state index < -0.39 is 0 Å². The number of piperidine rings is 1. The maximum atomic E-state index is 13.0. The van der Waals surface area contributed by atoms with Crippen molar-refractivity contribution in [1.29, 1.82) is 0 Å². The molecule has 26 heavy (non-hydrogen) atoms. The lowest BCUT2D eigenvalue weighted by Gasteiger charge is -2.32. The standard InChI is InChI=1S/C22H28N2O2/c1-2-23-22(26)21(18-12-10-17(16-25)11-13-18)19-8-4-5-9-20(19)24-14-6-3-7-15-24/h4-5,8-13,21,25H,2-3,6-7,14-16H2,1H3,(H,23,26). The number of carbonyl (C=O) groups excluding carboxylic acids is 1. The van der Waals surface area contributed by atoms with Crippen LogP contribution in [0.25, 0.3) is 0 Å². The zero-order valence-electron chi connectivity index (χ0n) is 15.4. The van der Waals surface area contributed by atoms with Gasteiger partial charge in [0.2, 0.25) is 5.91 Å². The van der Waals surface area contributed by atoms with Gasteiger partial charge in [0.15, 0.2) is 0 Å². The summed E-state index contributed by atoms with van der Waals surface area (Å²) in [7, 11) is 0. The molecule has 1 fully saturated rings. The lowest BCUT2D eigenvalue weighted by molar-refractivity contribution is -0.121. The first kappa shape index (κ1) is 18.5. The Kier molecular flexibility index (Phi) is 6.29. The largest absolute Gasteiger partial charge is 0.392 e. The van der Waals surface area contributed by atoms with Crippen LogP contribution < -0.4 is 10.2 Å². The van der Waals surface area contributed by atoms with Crippen molar-refractivity contribution in [2.45, 2.75) is 38.7 Å². The third-order valence-corrected chi connectivity index (χ3v) is 5.05. The lowest BCUT2D eigenvalue weighted by Crippen LogP contribution is -2.33. The number of nitrogens with zero attached hydrogens (tertiary/aromatic N) is 1. The topological polar surface area (TPSA) is 52.6 Å². The van der Waals surface area contributed by atoms with E-state index in [9.17, 15) is 9.90 Å². The Labute approximate surface area is 155 Å². The minimum absolute atomic E-state index is 0.0104. The molecule has 1 amide bonds. The smallest absolute Gasteiger partial charge is 0.232 e. The van der Waals surface area contributed by atoms with Crippen molar-refractivity contribution < 1.29 is 9.90 Å². The van der Waals surface area contributed by atoms with E-state index in [1.165, 1.54) is 19.3 Å². The van der Waals surface area contributed by atoms with Crippen molar-refractivity contribution in [3.8, 4) is 0 Å². The van der Waals surface area contributed by atoms with E-state index >= 15 is 0 Å². The molecule has 138 valence electrons. The number of anilines is 1. The summed E-state index contributed by atoms with van der Waals surface area (Å²) in [6.45, 7) is 4.65. The van der Waals surface area contributed by atoms with Gasteiger partial charge in [-0.2, -0.15) is 0 Å². The van der Waals surface area contributed by atoms with E-state index in [0.717, 1.165) is 35.5 Å². The van der Waals surface area contributed by atoms with Crippen molar-refractivity contribution in [3.05, 3.63) is 65.2 Å². The van der Waals surface area contributed by atoms with Gasteiger partial charge in [-0.1, -0.05) is 42.5 Å². The zero-order chi connectivity index (χ0) is 18.4. The quantitative estimate of drug-likeness (QED) is 0.837. The molecule has 3 rings (SSSR count). The van der Waals surface area contributed by atoms with E-state index in [1.807, 2.05) is 37.3 Å². The number of para-hydroxylation sites is 1. The number of benzene rings is 2. The van der Waals surface area contributed by atoms with Crippen LogP contribution >= 0.6 is 0 Å². The van der Waals surface area contributed by atoms with E-state index in [1.54, 1.807) is 0 Å². The van der Waals surface area contributed by atoms with Gasteiger partial charge in [-0.15, -0.1) is 0 Å². The van der Waals surface area contributed by atoms with Gasteiger partial charge < -0.3 is 15.3 Å². The SMILES string of the molecule is CCNC(=O)C(c1ccc(CO)cc1)c1ccccc1N1CCCCC1. The van der Waals surface area contributed by atoms with Crippen LogP contribution in [0, 0.1) is 0 Å². The maximum absolute atomic E-state index is 13.0. The third kappa shape index (κ3) is 4.07. The fourth-order valence-corrected chi connectivity index (χ4v) is 3.72. The normalized spacial score (nSPS) is 15.5. The summed E-state index contributed by atoms with van der Waals surface area (Å²) in [4.78, 5) is 15.4. The number of hydrogen-bond donors (Lipinski definition) is 2. The second kappa shape index (κ2) is 8.86. The number of aliphatic hydroxyl groups excluding tert-OH is 1. The number of amides is 1. The molecule has 1 saturated heterocycles. The maximum Gasteiger partial charge on any atom is 0.232 e. The number of nitrogens with one attached hydrogen (secondary N) is 1. The molecule has 0 bridgehead atoms. The summed E-state index contributed by atoms with van der Waals surface area (Å²) >= 11 is 0. The van der Waals surface area contributed by atoms with Gasteiger partial charge in [0.05, 0.1) is 12.5 Å². The summed E-state index contributed by atoms with van der Waals surface area (Å²) in [5.41, 5.74) is 4.03. The number of carbonyl (C=O) groups is 1. The summed E-state index contributed by atoms with van der Waals surface area (Å²) in [6.07, 6.45) is 3.68. The van der Waals surface area contributed by atoms with Crippen molar-refractivity contribution in [3.63, 3.8) is 0 Å². The Balaban J connectivity index is 2.02. The average Bonchev–Trinajstić information content (AvgIpc) is 2.70. The van der Waals surface area contributed by atoms with Gasteiger partial charge in [-0.05, 0) is 48.9 Å². The molecule has 4 heteroatoms. The molecule has 1 aliphatic rings. The van der Waals surface area contributed by atoms with Crippen LogP contribution in [-0.2, 0) is 11.4 Å². The highest BCUT2D eigenvalue weighted by molar-refractivity contribution is 5.89. The van der Waals surface area contributed by atoms with Crippen LogP contribution in [0.5, 0.6) is 0 Å². The summed E-state index contributed by atoms with van der Waals surface area (Å²) in [5.74, 6) is -0.325. The van der Waals surface area contributed by atoms with Crippen LogP contribution in [0.15, 0.2) is 48.5 Å². The minimum Gasteiger partial charge on any atom is -0.392 e. The molecule has 0 spiro atoms. The first-order valence-corrected chi connectivity index (χ1v) is 9.56. The molecule has 0 radical (unpaired) electrons. The Bertz CT molecular complexity index is 721. The number of likely N-dealkylation sites (N-methyl/N-ethyl adjacent to an activating group) is 1. The minimum atomic E-state index is -0.346. The second-order valence-electron chi connectivity index (χ2n) is 6.83. The summed E-state index contributed by atoms with van der Waals surface area (Å²) in [6, 6.07) is 16.0. The molecule has 2 aromatic rings. The summed E-state index contributed by atoms with van der Waals surface area (Å²) in [5, 5.41) is 12.3. The van der Waals surface area contributed by atoms with Gasteiger partial charge >= 0.3 is 0 Å². The van der Waals surface area contributed by atoms with Crippen molar-refractivity contribution in [2.24, 2.45) is 0 Å². The van der Waals surface area contributed by atoms with E-state index in [0.29, 0.717) is 6.54 Å². The molecular formula is C22H28N2O2. The van der Waals surface area contributed by atoms with Gasteiger partial charge in [0.25, 0.3) is 0 Å². The lowest BCUT2D eigenvalue weighted by atomic mass is 9.88. The van der Waals surface area contributed by atoms with Crippen LogP contribution in [0.4, 0.5) is 5.69 Å². The highest BCUT2D eigenvalue weighted by Gasteiger charge is 2.26. The van der Waals surface area contributed by atoms with E-state index in [4.69, 9.17) is 0 Å². The monoisotopic (exact) mass is 352 g/mol. The molecule has 0 aromatic heterocycles. The Morgan fingerprint density at radius 2 is 1.77 bits per heavy atom. The number of rotatable bonds is 6. The molecule has 2 aromatic carbocycles. The molecule has 1 heterocycles. The van der Waals surface area contributed by atoms with Crippen LogP contribution in [-0.4, -0.2) is 30.6 Å². The molecule has 0 saturated carbocycles. The van der Waals surface area contributed by atoms with Crippen molar-refractivity contribution in [2.75, 3.05) is 24.5 Å². The Morgan fingerprint density at radius 1 is 1.08 bits per heavy atom. The fraction of sp³-hybridized carbons (Fsp3) is 0.409. The van der Waals surface area contributed by atoms with E-state index in [-0.39, 0.29) is 18.4 Å². The molecule has 1 aliphatic heterocycles. The van der Waals surface area contributed by atoms with Crippen LogP contribution in [0.1, 0.15) is 48.8 Å². The van der Waals surface area contributed by atoms with Crippen molar-refractivity contribution >= 4 is 11.6 Å². The molecule has 2 N–H and O–H groups in total. The zero-order valence-corrected chi connectivity index (χ0v) is 15.4. The molecule has 1 atom stereocenters. The summed E-state index contributed by atoms with van der Waals surface area (Å²) < 4.78 is 0. The van der Waals surface area contributed by atoms with E-state index in [2.05, 4.69) is 28.4 Å². The Hall–Kier alpha value is -2.33. The van der Waals surface area contributed by atoms with Crippen LogP contribution in [0.2, 0.25) is 0 Å². The second-order valence-corrected chi connectivity index (χ2v) is 6.83. The molecule has 1 unspecified atom stereocenters. The number of aliphatic hydroxyl groups is 1. The fourth-order valence-electron chi connectivity index (χ4n) is 3.72. The first-order valence-electron chi connectivity index (χ1n) is 9.56. The van der Waals surface area contributed by atoms with Crippen LogP contribution in [0.3, 0.4) is 0 Å². The first-order chi connectivity index (χ1) is 12.7. The third-order valence-electron chi connectivity index (χ3n) is 5.05. The molecule has 4 nitrogen and oxygen atoms in total. The molecule has 0 aliphatic carbocycles. The number of hydrogen-bond acceptors (Lipinski definition) is 3. The van der Waals surface area contributed by atoms with Gasteiger partial charge in [0.1, 0.15) is 0 Å². The highest BCUT2D eigenvalue weighted by atomic mass is 16.3. The van der Waals surface area contributed by atoms with Crippen molar-refractivity contribution in [1.82, 2.24) is 5.32 Å². The Morgan fingerprint density at radius 3 is 2.42 bits per heavy atom. The predicted molar refractivity (Wildman–Crippen MR) is 105 cm³/mol. The van der Waals surface area contributed by atoms with Gasteiger partial charge in [-0.25, -0.2) is 0 Å². The van der Waals surface area contributed by atoms with Gasteiger partial charge in [0, 0.05) is 25.3 Å².